The maximum atomic E-state index is 13.2. The van der Waals surface area contributed by atoms with Crippen molar-refractivity contribution in [3.05, 3.63) is 60.5 Å². The van der Waals surface area contributed by atoms with E-state index in [0.29, 0.717) is 0 Å². The van der Waals surface area contributed by atoms with Gasteiger partial charge in [-0.3, -0.25) is 4.79 Å². The maximum absolute atomic E-state index is 13.2. The second kappa shape index (κ2) is 9.60. The number of rotatable bonds is 8. The van der Waals surface area contributed by atoms with Gasteiger partial charge in [0, 0.05) is 32.0 Å². The number of carbonyl (C=O) groups excluding carboxylic acids is 1. The van der Waals surface area contributed by atoms with Crippen LogP contribution in [0.5, 0.6) is 0 Å². The Hall–Kier alpha value is -2.80. The van der Waals surface area contributed by atoms with Crippen molar-refractivity contribution in [1.29, 1.82) is 0 Å². The van der Waals surface area contributed by atoms with E-state index in [4.69, 9.17) is 0 Å². The molecule has 2 aromatic carbocycles. The predicted octanol–water partition coefficient (Wildman–Crippen LogP) is 4.90. The van der Waals surface area contributed by atoms with Crippen molar-refractivity contribution >= 4 is 29.0 Å². The number of amides is 1. The lowest BCUT2D eigenvalue weighted by atomic mass is 10.1. The van der Waals surface area contributed by atoms with Crippen LogP contribution in [-0.2, 0) is 11.3 Å². The number of carbonyl (C=O) groups is 1. The average Bonchev–Trinajstić information content (AvgIpc) is 3.10. The lowest BCUT2D eigenvalue weighted by Crippen LogP contribution is -2.15. The number of nitrogens with one attached hydrogen (secondary N) is 1. The molecule has 1 amide bonds. The summed E-state index contributed by atoms with van der Waals surface area (Å²) in [5.74, 6) is -0.0823. The summed E-state index contributed by atoms with van der Waals surface area (Å²) in [5.41, 5.74) is 3.68. The van der Waals surface area contributed by atoms with Crippen molar-refractivity contribution in [3.8, 4) is 11.3 Å². The summed E-state index contributed by atoms with van der Waals surface area (Å²) in [6.07, 6.45) is 2.71. The maximum Gasteiger partial charge on any atom is 0.234 e. The number of hydrogen-bond acceptors (Lipinski definition) is 4. The van der Waals surface area contributed by atoms with Crippen molar-refractivity contribution in [1.82, 2.24) is 9.55 Å². The first kappa shape index (κ1) is 20.9. The van der Waals surface area contributed by atoms with Crippen LogP contribution in [0.15, 0.2) is 59.9 Å². The van der Waals surface area contributed by atoms with E-state index in [1.807, 2.05) is 43.3 Å². The van der Waals surface area contributed by atoms with Gasteiger partial charge in [-0.2, -0.15) is 0 Å². The van der Waals surface area contributed by atoms with Crippen LogP contribution in [0.4, 0.5) is 15.8 Å². The zero-order chi connectivity index (χ0) is 20.8. The van der Waals surface area contributed by atoms with E-state index in [9.17, 15) is 9.18 Å². The number of hydrogen-bond donors (Lipinski definition) is 1. The normalized spacial score (nSPS) is 10.8. The second-order valence-corrected chi connectivity index (χ2v) is 7.81. The summed E-state index contributed by atoms with van der Waals surface area (Å²) in [6.45, 7) is 2.87. The molecule has 0 atom stereocenters. The first-order valence-corrected chi connectivity index (χ1v) is 10.5. The van der Waals surface area contributed by atoms with Gasteiger partial charge in [-0.05, 0) is 60.5 Å². The molecule has 5 nitrogen and oxygen atoms in total. The molecule has 29 heavy (non-hydrogen) atoms. The van der Waals surface area contributed by atoms with Crippen LogP contribution in [0, 0.1) is 5.82 Å². The van der Waals surface area contributed by atoms with Gasteiger partial charge >= 0.3 is 0 Å². The molecule has 3 rings (SSSR count). The van der Waals surface area contributed by atoms with Crippen LogP contribution < -0.4 is 10.2 Å². The van der Waals surface area contributed by atoms with Gasteiger partial charge < -0.3 is 14.8 Å². The summed E-state index contributed by atoms with van der Waals surface area (Å²) >= 11 is 1.40. The molecule has 1 N–H and O–H groups in total. The molecule has 0 aliphatic heterocycles. The van der Waals surface area contributed by atoms with Gasteiger partial charge in [0.25, 0.3) is 0 Å². The van der Waals surface area contributed by atoms with Crippen LogP contribution in [0.25, 0.3) is 11.3 Å². The van der Waals surface area contributed by atoms with E-state index in [2.05, 4.69) is 21.8 Å². The van der Waals surface area contributed by atoms with Gasteiger partial charge in [0.15, 0.2) is 5.16 Å². The molecule has 0 aliphatic carbocycles. The van der Waals surface area contributed by atoms with E-state index < -0.39 is 0 Å². The Morgan fingerprint density at radius 3 is 2.45 bits per heavy atom. The van der Waals surface area contributed by atoms with Crippen LogP contribution in [0.1, 0.15) is 13.3 Å². The molecule has 7 heteroatoms. The van der Waals surface area contributed by atoms with Gasteiger partial charge in [0.2, 0.25) is 5.91 Å². The third-order valence-electron chi connectivity index (χ3n) is 4.41. The van der Waals surface area contributed by atoms with E-state index in [1.54, 1.807) is 18.3 Å². The third kappa shape index (κ3) is 5.38. The van der Waals surface area contributed by atoms with Crippen LogP contribution >= 0.6 is 11.8 Å². The Kier molecular flexibility index (Phi) is 6.93. The van der Waals surface area contributed by atoms with Gasteiger partial charge in [0.05, 0.1) is 17.6 Å². The van der Waals surface area contributed by atoms with Gasteiger partial charge in [-0.25, -0.2) is 9.37 Å². The minimum absolute atomic E-state index is 0.0815. The SMILES string of the molecule is CCCn1c(-c2ccc(F)cc2)cnc1SCC(=O)Nc1ccc(N(C)C)cc1. The van der Waals surface area contributed by atoms with E-state index >= 15 is 0 Å². The standard InChI is InChI=1S/C22H25FN4OS/c1-4-13-27-20(16-5-7-17(23)8-6-16)14-24-22(27)29-15-21(28)25-18-9-11-19(12-10-18)26(2)3/h5-12,14H,4,13,15H2,1-3H3,(H,25,28). The van der Waals surface area contributed by atoms with Crippen molar-refractivity contribution in [2.24, 2.45) is 0 Å². The van der Waals surface area contributed by atoms with E-state index in [0.717, 1.165) is 40.8 Å². The molecule has 0 bridgehead atoms. The molecule has 3 aromatic rings. The Labute approximate surface area is 174 Å². The minimum atomic E-state index is -0.264. The van der Waals surface area contributed by atoms with Gasteiger partial charge in [-0.1, -0.05) is 18.7 Å². The smallest absolute Gasteiger partial charge is 0.234 e. The molecule has 0 saturated carbocycles. The fourth-order valence-corrected chi connectivity index (χ4v) is 3.74. The highest BCUT2D eigenvalue weighted by Crippen LogP contribution is 2.27. The van der Waals surface area contributed by atoms with Gasteiger partial charge in [-0.15, -0.1) is 0 Å². The van der Waals surface area contributed by atoms with Gasteiger partial charge in [0.1, 0.15) is 5.82 Å². The molecular weight excluding hydrogens is 387 g/mol. The second-order valence-electron chi connectivity index (χ2n) is 6.86. The summed E-state index contributed by atoms with van der Waals surface area (Å²) in [7, 11) is 3.95. The number of anilines is 2. The highest BCUT2D eigenvalue weighted by molar-refractivity contribution is 7.99. The highest BCUT2D eigenvalue weighted by Gasteiger charge is 2.14. The fraction of sp³-hybridized carbons (Fsp3) is 0.273. The zero-order valence-electron chi connectivity index (χ0n) is 16.9. The molecule has 0 saturated heterocycles. The Balaban J connectivity index is 1.66. The third-order valence-corrected chi connectivity index (χ3v) is 5.40. The first-order valence-electron chi connectivity index (χ1n) is 9.49. The van der Waals surface area contributed by atoms with Crippen LogP contribution in [0.3, 0.4) is 0 Å². The molecule has 0 radical (unpaired) electrons. The monoisotopic (exact) mass is 412 g/mol. The summed E-state index contributed by atoms with van der Waals surface area (Å²) in [4.78, 5) is 18.9. The molecular formula is C22H25FN4OS. The Morgan fingerprint density at radius 2 is 1.83 bits per heavy atom. The number of nitrogens with zero attached hydrogens (tertiary/aromatic N) is 3. The van der Waals surface area contributed by atoms with Crippen molar-refractivity contribution in [2.45, 2.75) is 25.0 Å². The topological polar surface area (TPSA) is 50.2 Å². The number of benzene rings is 2. The first-order chi connectivity index (χ1) is 14.0. The number of thioether (sulfide) groups is 1. The fourth-order valence-electron chi connectivity index (χ4n) is 2.93. The summed E-state index contributed by atoms with van der Waals surface area (Å²) < 4.78 is 15.3. The van der Waals surface area contributed by atoms with Crippen LogP contribution in [0.2, 0.25) is 0 Å². The summed E-state index contributed by atoms with van der Waals surface area (Å²) in [6, 6.07) is 14.1. The molecule has 1 aromatic heterocycles. The quantitative estimate of drug-likeness (QED) is 0.535. The predicted molar refractivity (Wildman–Crippen MR) is 118 cm³/mol. The number of imidazole rings is 1. The van der Waals surface area contributed by atoms with Crippen molar-refractivity contribution in [2.75, 3.05) is 30.1 Å². The molecule has 0 aliphatic rings. The van der Waals surface area contributed by atoms with Crippen molar-refractivity contribution in [3.63, 3.8) is 0 Å². The van der Waals surface area contributed by atoms with Crippen molar-refractivity contribution < 1.29 is 9.18 Å². The average molecular weight is 413 g/mol. The molecule has 152 valence electrons. The van der Waals surface area contributed by atoms with E-state index in [-0.39, 0.29) is 17.5 Å². The van der Waals surface area contributed by atoms with Crippen LogP contribution in [-0.4, -0.2) is 35.3 Å². The minimum Gasteiger partial charge on any atom is -0.378 e. The lowest BCUT2D eigenvalue weighted by Gasteiger charge is -2.13. The number of halogens is 1. The summed E-state index contributed by atoms with van der Waals surface area (Å²) in [5, 5.41) is 3.70. The molecule has 0 fully saturated rings. The zero-order valence-corrected chi connectivity index (χ0v) is 17.7. The molecule has 1 heterocycles. The molecule has 0 unspecified atom stereocenters. The Bertz CT molecular complexity index is 952. The highest BCUT2D eigenvalue weighted by atomic mass is 32.2. The molecule has 0 spiro atoms. The number of aromatic nitrogens is 2. The lowest BCUT2D eigenvalue weighted by molar-refractivity contribution is -0.113. The van der Waals surface area contributed by atoms with E-state index in [1.165, 1.54) is 23.9 Å². The largest absolute Gasteiger partial charge is 0.378 e. The Morgan fingerprint density at radius 1 is 1.14 bits per heavy atom.